The zero-order chi connectivity index (χ0) is 10.4. The second kappa shape index (κ2) is 8.25. The van der Waals surface area contributed by atoms with Crippen molar-refractivity contribution in [2.75, 3.05) is 32.1 Å². The third-order valence-corrected chi connectivity index (χ3v) is 3.39. The Morgan fingerprint density at radius 2 is 2.07 bits per heavy atom. The van der Waals surface area contributed by atoms with E-state index in [-0.39, 0.29) is 12.4 Å². The maximum atomic E-state index is 11.6. The highest BCUT2D eigenvalue weighted by molar-refractivity contribution is 7.98. The number of amides is 1. The van der Waals surface area contributed by atoms with E-state index >= 15 is 0 Å². The summed E-state index contributed by atoms with van der Waals surface area (Å²) in [7, 11) is 2.00. The quantitative estimate of drug-likeness (QED) is 0.821. The highest BCUT2D eigenvalue weighted by Crippen LogP contribution is 2.11. The Labute approximate surface area is 103 Å². The second-order valence-electron chi connectivity index (χ2n) is 3.69. The normalized spacial score (nSPS) is 17.3. The molecule has 0 atom stereocenters. The summed E-state index contributed by atoms with van der Waals surface area (Å²) in [5, 5.41) is 3.26. The summed E-state index contributed by atoms with van der Waals surface area (Å²) in [6.07, 6.45) is 4.94. The highest BCUT2D eigenvalue weighted by atomic mass is 35.5. The molecule has 0 bridgehead atoms. The Morgan fingerprint density at radius 1 is 1.47 bits per heavy atom. The van der Waals surface area contributed by atoms with Gasteiger partial charge in [-0.3, -0.25) is 4.79 Å². The fraction of sp³-hybridized carbons (Fsp3) is 0.900. The lowest BCUT2D eigenvalue weighted by atomic mass is 10.1. The standard InChI is InChI=1S/C10H20N2OS.ClH/c1-11-9-3-6-12(7-4-9)10(13)5-8-14-2;/h9,11H,3-8H2,1-2H3;1H. The number of carbonyl (C=O) groups is 1. The first kappa shape index (κ1) is 15.1. The van der Waals surface area contributed by atoms with Crippen LogP contribution in [0, 0.1) is 0 Å². The van der Waals surface area contributed by atoms with Crippen molar-refractivity contribution in [1.29, 1.82) is 0 Å². The molecule has 0 spiro atoms. The minimum atomic E-state index is 0. The molecule has 0 aromatic heterocycles. The molecule has 90 valence electrons. The summed E-state index contributed by atoms with van der Waals surface area (Å²) in [6, 6.07) is 0.611. The number of hydrogen-bond donors (Lipinski definition) is 1. The van der Waals surface area contributed by atoms with Crippen LogP contribution in [-0.4, -0.2) is 49.0 Å². The van der Waals surface area contributed by atoms with Crippen LogP contribution < -0.4 is 5.32 Å². The lowest BCUT2D eigenvalue weighted by Gasteiger charge is -2.31. The molecule has 1 rings (SSSR count). The fourth-order valence-corrected chi connectivity index (χ4v) is 2.14. The average molecular weight is 253 g/mol. The zero-order valence-corrected chi connectivity index (χ0v) is 11.1. The van der Waals surface area contributed by atoms with Crippen LogP contribution in [0.4, 0.5) is 0 Å². The first-order chi connectivity index (χ1) is 6.77. The van der Waals surface area contributed by atoms with E-state index < -0.39 is 0 Å². The Balaban J connectivity index is 0.00000196. The largest absolute Gasteiger partial charge is 0.343 e. The van der Waals surface area contributed by atoms with E-state index in [1.165, 1.54) is 0 Å². The molecule has 1 heterocycles. The van der Waals surface area contributed by atoms with Gasteiger partial charge in [0.25, 0.3) is 0 Å². The molecule has 15 heavy (non-hydrogen) atoms. The molecule has 1 aliphatic heterocycles. The monoisotopic (exact) mass is 252 g/mol. The Morgan fingerprint density at radius 3 is 2.53 bits per heavy atom. The Hall–Kier alpha value is 0.0700. The van der Waals surface area contributed by atoms with Gasteiger partial charge in [-0.1, -0.05) is 0 Å². The molecule has 1 fully saturated rings. The molecular weight excluding hydrogens is 232 g/mol. The van der Waals surface area contributed by atoms with Crippen molar-refractivity contribution < 1.29 is 4.79 Å². The first-order valence-electron chi connectivity index (χ1n) is 5.22. The topological polar surface area (TPSA) is 32.3 Å². The molecule has 0 saturated carbocycles. The van der Waals surface area contributed by atoms with E-state index in [9.17, 15) is 4.79 Å². The minimum Gasteiger partial charge on any atom is -0.343 e. The molecule has 0 aromatic carbocycles. The van der Waals surface area contributed by atoms with Crippen LogP contribution in [0.2, 0.25) is 0 Å². The predicted molar refractivity (Wildman–Crippen MR) is 68.9 cm³/mol. The molecule has 0 unspecified atom stereocenters. The summed E-state index contributed by atoms with van der Waals surface area (Å²) >= 11 is 1.74. The van der Waals surface area contributed by atoms with Gasteiger partial charge in [0.15, 0.2) is 0 Å². The van der Waals surface area contributed by atoms with E-state index in [1.54, 1.807) is 11.8 Å². The van der Waals surface area contributed by atoms with Crippen LogP contribution in [0.3, 0.4) is 0 Å². The van der Waals surface area contributed by atoms with Gasteiger partial charge in [-0.05, 0) is 26.1 Å². The van der Waals surface area contributed by atoms with Crippen LogP contribution in [0.1, 0.15) is 19.3 Å². The van der Waals surface area contributed by atoms with Gasteiger partial charge in [0.1, 0.15) is 0 Å². The Kier molecular flexibility index (Phi) is 8.29. The molecule has 0 aromatic rings. The molecule has 1 N–H and O–H groups in total. The molecular formula is C10H21ClN2OS. The maximum absolute atomic E-state index is 11.6. The molecule has 5 heteroatoms. The second-order valence-corrected chi connectivity index (χ2v) is 4.67. The third-order valence-electron chi connectivity index (χ3n) is 2.78. The van der Waals surface area contributed by atoms with Crippen molar-refractivity contribution >= 4 is 30.1 Å². The van der Waals surface area contributed by atoms with Crippen molar-refractivity contribution in [1.82, 2.24) is 10.2 Å². The number of nitrogens with one attached hydrogen (secondary N) is 1. The van der Waals surface area contributed by atoms with Crippen LogP contribution in [0.15, 0.2) is 0 Å². The van der Waals surface area contributed by atoms with E-state index in [0.29, 0.717) is 18.4 Å². The van der Waals surface area contributed by atoms with Crippen molar-refractivity contribution in [3.8, 4) is 0 Å². The van der Waals surface area contributed by atoms with Crippen LogP contribution in [-0.2, 0) is 4.79 Å². The minimum absolute atomic E-state index is 0. The number of hydrogen-bond acceptors (Lipinski definition) is 3. The summed E-state index contributed by atoms with van der Waals surface area (Å²) < 4.78 is 0. The SMILES string of the molecule is CNC1CCN(C(=O)CCSC)CC1.Cl. The number of carbonyl (C=O) groups excluding carboxylic acids is 1. The number of piperidine rings is 1. The Bertz CT molecular complexity index is 184. The number of rotatable bonds is 4. The molecule has 3 nitrogen and oxygen atoms in total. The summed E-state index contributed by atoms with van der Waals surface area (Å²) in [5.41, 5.74) is 0. The van der Waals surface area contributed by atoms with Crippen molar-refractivity contribution in [3.05, 3.63) is 0 Å². The van der Waals surface area contributed by atoms with E-state index in [2.05, 4.69) is 5.32 Å². The van der Waals surface area contributed by atoms with Crippen molar-refractivity contribution in [3.63, 3.8) is 0 Å². The number of halogens is 1. The van der Waals surface area contributed by atoms with Gasteiger partial charge in [-0.15, -0.1) is 12.4 Å². The van der Waals surface area contributed by atoms with Crippen LogP contribution in [0.5, 0.6) is 0 Å². The first-order valence-corrected chi connectivity index (χ1v) is 6.61. The molecule has 0 aliphatic carbocycles. The van der Waals surface area contributed by atoms with Gasteiger partial charge < -0.3 is 10.2 Å². The van der Waals surface area contributed by atoms with E-state index in [0.717, 1.165) is 31.7 Å². The summed E-state index contributed by atoms with van der Waals surface area (Å²) in [5.74, 6) is 1.28. The number of nitrogens with zero attached hydrogens (tertiary/aromatic N) is 1. The maximum Gasteiger partial charge on any atom is 0.223 e. The zero-order valence-electron chi connectivity index (χ0n) is 9.49. The highest BCUT2D eigenvalue weighted by Gasteiger charge is 2.20. The van der Waals surface area contributed by atoms with Crippen LogP contribution >= 0.6 is 24.2 Å². The van der Waals surface area contributed by atoms with Gasteiger partial charge in [0.05, 0.1) is 0 Å². The lowest BCUT2D eigenvalue weighted by Crippen LogP contribution is -2.44. The smallest absolute Gasteiger partial charge is 0.223 e. The van der Waals surface area contributed by atoms with Crippen LogP contribution in [0.25, 0.3) is 0 Å². The molecule has 0 radical (unpaired) electrons. The molecule has 1 saturated heterocycles. The van der Waals surface area contributed by atoms with Gasteiger partial charge in [0, 0.05) is 31.3 Å². The van der Waals surface area contributed by atoms with Gasteiger partial charge in [-0.2, -0.15) is 11.8 Å². The molecule has 1 aliphatic rings. The number of thioether (sulfide) groups is 1. The number of likely N-dealkylation sites (tertiary alicyclic amines) is 1. The van der Waals surface area contributed by atoms with Crippen molar-refractivity contribution in [2.45, 2.75) is 25.3 Å². The molecule has 1 amide bonds. The predicted octanol–water partition coefficient (Wildman–Crippen LogP) is 1.37. The summed E-state index contributed by atoms with van der Waals surface area (Å²) in [4.78, 5) is 13.6. The van der Waals surface area contributed by atoms with E-state index in [1.807, 2.05) is 18.2 Å². The van der Waals surface area contributed by atoms with Gasteiger partial charge >= 0.3 is 0 Å². The lowest BCUT2D eigenvalue weighted by molar-refractivity contribution is -0.131. The van der Waals surface area contributed by atoms with Crippen molar-refractivity contribution in [2.24, 2.45) is 0 Å². The van der Waals surface area contributed by atoms with Gasteiger partial charge in [0.2, 0.25) is 5.91 Å². The average Bonchev–Trinajstić information content (AvgIpc) is 2.26. The fourth-order valence-electron chi connectivity index (χ4n) is 1.77. The summed E-state index contributed by atoms with van der Waals surface area (Å²) in [6.45, 7) is 1.86. The van der Waals surface area contributed by atoms with E-state index in [4.69, 9.17) is 0 Å². The third kappa shape index (κ3) is 5.09. The van der Waals surface area contributed by atoms with Gasteiger partial charge in [-0.25, -0.2) is 0 Å².